The van der Waals surface area contributed by atoms with E-state index in [1.165, 1.54) is 88.8 Å². The summed E-state index contributed by atoms with van der Waals surface area (Å²) in [5.41, 5.74) is 6.58. The molecule has 18 nitrogen and oxygen atoms in total. The topological polar surface area (TPSA) is 212 Å². The van der Waals surface area contributed by atoms with Gasteiger partial charge in [-0.2, -0.15) is 4.68 Å². The van der Waals surface area contributed by atoms with Crippen molar-refractivity contribution in [2.45, 2.75) is 83.3 Å². The molecule has 1 N–H and O–H groups in total. The maximum atomic E-state index is 12.6. The molecule has 2 aliphatic carbocycles. The SMILES string of the molecule is CCCc1ccc(C2CC2)cc1.Cn1cnc2ncn(Cc3n[nH]c(=O)o3)c(=O)c21.Cn1cnc2ncn(Cc3nn(CCc4ccc(C5CC5)cc4)c(=O)o3)c(=O)c21. The third-order valence-corrected chi connectivity index (χ3v) is 10.4. The molecule has 0 amide bonds. The average Bonchev–Trinajstić information content (AvgIpc) is 4.13. The molecule has 18 heteroatoms. The second-order valence-electron chi connectivity index (χ2n) is 14.9. The minimum atomic E-state index is -0.660. The van der Waals surface area contributed by atoms with Crippen molar-refractivity contribution in [3.8, 4) is 0 Å². The third-order valence-electron chi connectivity index (χ3n) is 10.4. The highest BCUT2D eigenvalue weighted by Crippen LogP contribution is 2.40. The van der Waals surface area contributed by atoms with Gasteiger partial charge in [-0.3, -0.25) is 18.7 Å². The molecule has 304 valence electrons. The summed E-state index contributed by atoms with van der Waals surface area (Å²) in [4.78, 5) is 63.9. The number of rotatable bonds is 11. The molecule has 6 heterocycles. The average molecular weight is 801 g/mol. The first-order chi connectivity index (χ1) is 28.6. The number of aryl methyl sites for hydroxylation is 5. The number of H-pyrrole nitrogens is 1. The fraction of sp³-hybridized carbons (Fsp3) is 0.366. The third kappa shape index (κ3) is 9.11. The molecule has 59 heavy (non-hydrogen) atoms. The molecule has 0 aliphatic heterocycles. The van der Waals surface area contributed by atoms with E-state index in [-0.39, 0.29) is 36.0 Å². The number of hydrogen-bond acceptors (Lipinski definition) is 12. The van der Waals surface area contributed by atoms with Gasteiger partial charge in [-0.1, -0.05) is 61.9 Å². The number of nitrogens with zero attached hydrogens (tertiary/aromatic N) is 11. The highest BCUT2D eigenvalue weighted by atomic mass is 16.4. The van der Waals surface area contributed by atoms with E-state index in [2.05, 4.69) is 90.7 Å². The van der Waals surface area contributed by atoms with Crippen LogP contribution in [-0.4, -0.2) is 58.2 Å². The van der Waals surface area contributed by atoms with Gasteiger partial charge in [0.2, 0.25) is 11.8 Å². The first kappa shape index (κ1) is 38.9. The molecule has 2 aromatic carbocycles. The van der Waals surface area contributed by atoms with Crippen molar-refractivity contribution in [1.29, 1.82) is 0 Å². The van der Waals surface area contributed by atoms with Crippen molar-refractivity contribution in [2.75, 3.05) is 0 Å². The van der Waals surface area contributed by atoms with Crippen LogP contribution >= 0.6 is 0 Å². The summed E-state index contributed by atoms with van der Waals surface area (Å²) in [5.74, 6) is 0.730. The smallest absolute Gasteiger partial charge is 0.390 e. The summed E-state index contributed by atoms with van der Waals surface area (Å²) in [5, 5.41) is 9.99. The van der Waals surface area contributed by atoms with Gasteiger partial charge >= 0.3 is 11.5 Å². The zero-order chi connectivity index (χ0) is 41.0. The summed E-state index contributed by atoms with van der Waals surface area (Å²) in [6.45, 7) is 2.71. The molecule has 10 rings (SSSR count). The lowest BCUT2D eigenvalue weighted by Gasteiger charge is -2.03. The van der Waals surface area contributed by atoms with Crippen LogP contribution in [0, 0.1) is 0 Å². The molecular formula is C41H44N12O6. The van der Waals surface area contributed by atoms with E-state index in [0.29, 0.717) is 35.3 Å². The Balaban J connectivity index is 0.000000137. The van der Waals surface area contributed by atoms with Gasteiger partial charge in [0, 0.05) is 14.1 Å². The molecule has 0 spiro atoms. The Hall–Kier alpha value is -6.98. The molecule has 0 bridgehead atoms. The van der Waals surface area contributed by atoms with Crippen LogP contribution in [0.5, 0.6) is 0 Å². The molecule has 0 saturated heterocycles. The Labute approximate surface area is 335 Å². The number of hydrogen-bond donors (Lipinski definition) is 1. The van der Waals surface area contributed by atoms with Crippen LogP contribution < -0.4 is 22.6 Å². The van der Waals surface area contributed by atoms with E-state index in [4.69, 9.17) is 8.83 Å². The van der Waals surface area contributed by atoms with Crippen molar-refractivity contribution < 1.29 is 8.83 Å². The Morgan fingerprint density at radius 2 is 1.14 bits per heavy atom. The van der Waals surface area contributed by atoms with E-state index in [9.17, 15) is 19.2 Å². The largest absolute Gasteiger partial charge is 0.437 e. The van der Waals surface area contributed by atoms with Crippen LogP contribution in [0.1, 0.15) is 84.9 Å². The number of nitrogens with one attached hydrogen (secondary N) is 1. The van der Waals surface area contributed by atoms with Crippen molar-refractivity contribution in [3.05, 3.63) is 150 Å². The van der Waals surface area contributed by atoms with Crippen LogP contribution in [0.15, 0.2) is 102 Å². The second kappa shape index (κ2) is 16.9. The van der Waals surface area contributed by atoms with Gasteiger partial charge in [-0.15, -0.1) is 10.2 Å². The maximum absolute atomic E-state index is 12.6. The fourth-order valence-electron chi connectivity index (χ4n) is 6.81. The van der Waals surface area contributed by atoms with Crippen molar-refractivity contribution in [3.63, 3.8) is 0 Å². The minimum Gasteiger partial charge on any atom is -0.390 e. The zero-order valence-corrected chi connectivity index (χ0v) is 33.0. The van der Waals surface area contributed by atoms with Crippen LogP contribution in [0.2, 0.25) is 0 Å². The molecule has 8 aromatic rings. The lowest BCUT2D eigenvalue weighted by atomic mass is 10.1. The molecule has 0 atom stereocenters. The van der Waals surface area contributed by atoms with Crippen molar-refractivity contribution in [1.82, 2.24) is 58.2 Å². The summed E-state index contributed by atoms with van der Waals surface area (Å²) in [6.07, 6.45) is 14.3. The summed E-state index contributed by atoms with van der Waals surface area (Å²) < 4.78 is 17.1. The molecular weight excluding hydrogens is 757 g/mol. The molecule has 0 unspecified atom stereocenters. The minimum absolute atomic E-state index is 0.0330. The fourth-order valence-corrected chi connectivity index (χ4v) is 6.81. The first-order valence-electron chi connectivity index (χ1n) is 19.6. The standard InChI is InChI=1S/C20H20N6O3.C12H16.C9H8N6O3/c1-24-11-21-18-17(24)19(27)25(12-22-18)10-16-23-26(20(28)29-16)9-8-13-2-4-14(5-3-13)15-6-7-15;1-2-3-10-4-6-11(7-5-10)12-8-9-12;1-14-3-10-7-6(14)8(16)15(4-11-7)2-5-12-13-9(17)18-5/h2-5,11-12,15H,6-10H2,1H3;4-7,12H,2-3,8-9H2,1H3;3-4H,2H2,1H3,(H,13,17). The number of benzene rings is 2. The lowest BCUT2D eigenvalue weighted by molar-refractivity contribution is 0.434. The lowest BCUT2D eigenvalue weighted by Crippen LogP contribution is -2.22. The Bertz CT molecular complexity index is 2940. The van der Waals surface area contributed by atoms with Crippen LogP contribution in [0.25, 0.3) is 22.3 Å². The molecule has 0 radical (unpaired) electrons. The number of aromatic amines is 1. The predicted octanol–water partition coefficient (Wildman–Crippen LogP) is 3.82. The van der Waals surface area contributed by atoms with E-state index in [1.807, 2.05) is 0 Å². The van der Waals surface area contributed by atoms with Crippen LogP contribution in [-0.2, 0) is 46.6 Å². The zero-order valence-electron chi connectivity index (χ0n) is 33.0. The molecule has 6 aromatic heterocycles. The highest BCUT2D eigenvalue weighted by molar-refractivity contribution is 5.69. The van der Waals surface area contributed by atoms with E-state index >= 15 is 0 Å². The highest BCUT2D eigenvalue weighted by Gasteiger charge is 2.23. The predicted molar refractivity (Wildman–Crippen MR) is 216 cm³/mol. The normalized spacial score (nSPS) is 13.6. The second-order valence-corrected chi connectivity index (χ2v) is 14.9. The van der Waals surface area contributed by atoms with Gasteiger partial charge < -0.3 is 18.0 Å². The van der Waals surface area contributed by atoms with Crippen molar-refractivity contribution >= 4 is 22.3 Å². The summed E-state index contributed by atoms with van der Waals surface area (Å²) in [6, 6.07) is 17.7. The number of fused-ring (bicyclic) bond motifs is 2. The monoisotopic (exact) mass is 800 g/mol. The quantitative estimate of drug-likeness (QED) is 0.198. The van der Waals surface area contributed by atoms with Gasteiger partial charge in [0.25, 0.3) is 11.1 Å². The molecule has 2 fully saturated rings. The Morgan fingerprint density at radius 1 is 0.644 bits per heavy atom. The van der Waals surface area contributed by atoms with E-state index in [1.54, 1.807) is 28.8 Å². The first-order valence-corrected chi connectivity index (χ1v) is 19.6. The van der Waals surface area contributed by atoms with E-state index < -0.39 is 11.5 Å². The Morgan fingerprint density at radius 3 is 1.61 bits per heavy atom. The van der Waals surface area contributed by atoms with Crippen molar-refractivity contribution in [2.24, 2.45) is 14.1 Å². The van der Waals surface area contributed by atoms with Gasteiger partial charge in [-0.05, 0) is 72.6 Å². The van der Waals surface area contributed by atoms with Gasteiger partial charge in [0.1, 0.15) is 25.7 Å². The van der Waals surface area contributed by atoms with Gasteiger partial charge in [-0.25, -0.2) is 34.6 Å². The van der Waals surface area contributed by atoms with Gasteiger partial charge in [0.05, 0.1) is 19.2 Å². The summed E-state index contributed by atoms with van der Waals surface area (Å²) >= 11 is 0. The molecule has 2 saturated carbocycles. The van der Waals surface area contributed by atoms with Crippen LogP contribution in [0.3, 0.4) is 0 Å². The Kier molecular flexibility index (Phi) is 11.1. The van der Waals surface area contributed by atoms with Crippen LogP contribution in [0.4, 0.5) is 0 Å². The summed E-state index contributed by atoms with van der Waals surface area (Å²) in [7, 11) is 3.44. The van der Waals surface area contributed by atoms with Gasteiger partial charge in [0.15, 0.2) is 22.3 Å². The number of imidazole rings is 2. The maximum Gasteiger partial charge on any atom is 0.437 e. The number of aromatic nitrogens is 12. The molecule has 2 aliphatic rings. The van der Waals surface area contributed by atoms with E-state index in [0.717, 1.165) is 17.4 Å².